The summed E-state index contributed by atoms with van der Waals surface area (Å²) in [4.78, 5) is 11.7. The molecule has 2 atom stereocenters. The van der Waals surface area contributed by atoms with E-state index in [0.29, 0.717) is 13.1 Å². The van der Waals surface area contributed by atoms with Gasteiger partial charge in [0, 0.05) is 6.04 Å². The summed E-state index contributed by atoms with van der Waals surface area (Å²) < 4.78 is 0. The number of nitrogens with two attached hydrogens (primary N) is 3. The standard InChI is InChI=1S/C12H28N4O/c1-10(6-5-9-14)16-12(17)11(15)7-3-2-4-8-13/h10-11H,2-9,13-15H2,1H3,(H,16,17). The lowest BCUT2D eigenvalue weighted by atomic mass is 10.1. The fourth-order valence-electron chi connectivity index (χ4n) is 1.66. The summed E-state index contributed by atoms with van der Waals surface area (Å²) in [5.74, 6) is -0.0535. The molecule has 0 aliphatic rings. The van der Waals surface area contributed by atoms with Gasteiger partial charge in [-0.2, -0.15) is 0 Å². The second-order valence-electron chi connectivity index (χ2n) is 4.59. The molecule has 0 rings (SSSR count). The molecule has 0 heterocycles. The average Bonchev–Trinajstić information content (AvgIpc) is 2.31. The minimum atomic E-state index is -0.395. The molecule has 0 saturated heterocycles. The molecule has 0 aromatic rings. The van der Waals surface area contributed by atoms with Crippen LogP contribution in [0.5, 0.6) is 0 Å². The summed E-state index contributed by atoms with van der Waals surface area (Å²) in [6.45, 7) is 3.34. The quantitative estimate of drug-likeness (QED) is 0.408. The summed E-state index contributed by atoms with van der Waals surface area (Å²) >= 11 is 0. The Morgan fingerprint density at radius 1 is 1.06 bits per heavy atom. The molecular weight excluding hydrogens is 216 g/mol. The number of amides is 1. The lowest BCUT2D eigenvalue weighted by Crippen LogP contribution is -2.44. The highest BCUT2D eigenvalue weighted by Gasteiger charge is 2.14. The van der Waals surface area contributed by atoms with Crippen LogP contribution in [0.1, 0.15) is 45.4 Å². The summed E-state index contributed by atoms with van der Waals surface area (Å²) in [6.07, 6.45) is 5.56. The number of rotatable bonds is 10. The number of hydrogen-bond donors (Lipinski definition) is 4. The van der Waals surface area contributed by atoms with Crippen molar-refractivity contribution in [3.63, 3.8) is 0 Å². The van der Waals surface area contributed by atoms with Crippen LogP contribution in [-0.2, 0) is 4.79 Å². The third-order valence-electron chi connectivity index (χ3n) is 2.79. The van der Waals surface area contributed by atoms with Gasteiger partial charge < -0.3 is 22.5 Å². The van der Waals surface area contributed by atoms with Gasteiger partial charge in [-0.1, -0.05) is 12.8 Å². The molecule has 0 saturated carbocycles. The highest BCUT2D eigenvalue weighted by molar-refractivity contribution is 5.81. The van der Waals surface area contributed by atoms with Gasteiger partial charge in [-0.3, -0.25) is 4.79 Å². The molecule has 0 radical (unpaired) electrons. The van der Waals surface area contributed by atoms with Gasteiger partial charge in [0.15, 0.2) is 0 Å². The zero-order chi connectivity index (χ0) is 13.1. The maximum Gasteiger partial charge on any atom is 0.237 e. The van der Waals surface area contributed by atoms with Gasteiger partial charge in [0.1, 0.15) is 0 Å². The van der Waals surface area contributed by atoms with Crippen molar-refractivity contribution in [3.05, 3.63) is 0 Å². The van der Waals surface area contributed by atoms with E-state index in [1.54, 1.807) is 0 Å². The van der Waals surface area contributed by atoms with Crippen molar-refractivity contribution in [2.75, 3.05) is 13.1 Å². The lowest BCUT2D eigenvalue weighted by Gasteiger charge is -2.17. The smallest absolute Gasteiger partial charge is 0.237 e. The summed E-state index contributed by atoms with van der Waals surface area (Å²) in [7, 11) is 0. The molecule has 0 bridgehead atoms. The average molecular weight is 244 g/mol. The van der Waals surface area contributed by atoms with E-state index in [2.05, 4.69) is 5.32 Å². The Hall–Kier alpha value is -0.650. The second-order valence-corrected chi connectivity index (χ2v) is 4.59. The monoisotopic (exact) mass is 244 g/mol. The van der Waals surface area contributed by atoms with Crippen LogP contribution in [0.15, 0.2) is 0 Å². The Morgan fingerprint density at radius 3 is 2.29 bits per heavy atom. The number of unbranched alkanes of at least 4 members (excludes halogenated alkanes) is 2. The van der Waals surface area contributed by atoms with Crippen molar-refractivity contribution >= 4 is 5.91 Å². The Morgan fingerprint density at radius 2 is 1.71 bits per heavy atom. The largest absolute Gasteiger partial charge is 0.352 e. The highest BCUT2D eigenvalue weighted by atomic mass is 16.2. The minimum Gasteiger partial charge on any atom is -0.352 e. The summed E-state index contributed by atoms with van der Waals surface area (Å²) in [6, 6.07) is -0.241. The summed E-state index contributed by atoms with van der Waals surface area (Å²) in [5.41, 5.74) is 16.6. The molecule has 0 spiro atoms. The number of nitrogens with one attached hydrogen (secondary N) is 1. The van der Waals surface area contributed by atoms with Crippen LogP contribution >= 0.6 is 0 Å². The van der Waals surface area contributed by atoms with E-state index in [1.807, 2.05) is 6.92 Å². The number of hydrogen-bond acceptors (Lipinski definition) is 4. The first-order valence-electron chi connectivity index (χ1n) is 6.58. The van der Waals surface area contributed by atoms with Crippen molar-refractivity contribution < 1.29 is 4.79 Å². The molecule has 0 aromatic heterocycles. The van der Waals surface area contributed by atoms with Crippen LogP contribution in [0.4, 0.5) is 0 Å². The fourth-order valence-corrected chi connectivity index (χ4v) is 1.66. The predicted molar refractivity (Wildman–Crippen MR) is 71.4 cm³/mol. The van der Waals surface area contributed by atoms with Gasteiger partial charge in [0.2, 0.25) is 5.91 Å². The third kappa shape index (κ3) is 9.09. The van der Waals surface area contributed by atoms with Gasteiger partial charge in [0.05, 0.1) is 6.04 Å². The highest BCUT2D eigenvalue weighted by Crippen LogP contribution is 2.03. The van der Waals surface area contributed by atoms with Crippen molar-refractivity contribution in [1.82, 2.24) is 5.32 Å². The van der Waals surface area contributed by atoms with Crippen LogP contribution in [0.3, 0.4) is 0 Å². The van der Waals surface area contributed by atoms with Crippen molar-refractivity contribution in [1.29, 1.82) is 0 Å². The maximum absolute atomic E-state index is 11.7. The van der Waals surface area contributed by atoms with E-state index in [4.69, 9.17) is 17.2 Å². The molecule has 0 aromatic carbocycles. The normalized spacial score (nSPS) is 14.4. The number of carbonyl (C=O) groups is 1. The van der Waals surface area contributed by atoms with Crippen LogP contribution in [0.2, 0.25) is 0 Å². The minimum absolute atomic E-state index is 0.0535. The Labute approximate surface area is 104 Å². The molecule has 5 heteroatoms. The third-order valence-corrected chi connectivity index (χ3v) is 2.79. The lowest BCUT2D eigenvalue weighted by molar-refractivity contribution is -0.123. The maximum atomic E-state index is 11.7. The fraction of sp³-hybridized carbons (Fsp3) is 0.917. The van der Waals surface area contributed by atoms with Crippen LogP contribution in [0, 0.1) is 0 Å². The second kappa shape index (κ2) is 10.5. The SMILES string of the molecule is CC(CCCN)NC(=O)C(N)CCCCCN. The molecule has 102 valence electrons. The molecule has 17 heavy (non-hydrogen) atoms. The Kier molecular flexibility index (Phi) is 10.1. The first-order chi connectivity index (χ1) is 8.11. The molecule has 5 nitrogen and oxygen atoms in total. The van der Waals surface area contributed by atoms with E-state index in [0.717, 1.165) is 38.5 Å². The first-order valence-corrected chi connectivity index (χ1v) is 6.58. The Bertz CT molecular complexity index is 199. The van der Waals surface area contributed by atoms with E-state index >= 15 is 0 Å². The van der Waals surface area contributed by atoms with Crippen LogP contribution in [-0.4, -0.2) is 31.1 Å². The topological polar surface area (TPSA) is 107 Å². The molecule has 1 amide bonds. The van der Waals surface area contributed by atoms with Gasteiger partial charge >= 0.3 is 0 Å². The van der Waals surface area contributed by atoms with E-state index in [1.165, 1.54) is 0 Å². The molecular formula is C12H28N4O. The molecule has 0 aliphatic heterocycles. The van der Waals surface area contributed by atoms with Crippen LogP contribution in [0.25, 0.3) is 0 Å². The molecule has 2 unspecified atom stereocenters. The number of carbonyl (C=O) groups excluding carboxylic acids is 1. The molecule has 0 aliphatic carbocycles. The van der Waals surface area contributed by atoms with Crippen LogP contribution < -0.4 is 22.5 Å². The van der Waals surface area contributed by atoms with E-state index in [9.17, 15) is 4.79 Å². The van der Waals surface area contributed by atoms with Gasteiger partial charge in [0.25, 0.3) is 0 Å². The zero-order valence-corrected chi connectivity index (χ0v) is 11.0. The van der Waals surface area contributed by atoms with Crippen molar-refractivity contribution in [2.24, 2.45) is 17.2 Å². The Balaban J connectivity index is 3.65. The zero-order valence-electron chi connectivity index (χ0n) is 11.0. The van der Waals surface area contributed by atoms with E-state index < -0.39 is 6.04 Å². The van der Waals surface area contributed by atoms with Gasteiger partial charge in [-0.05, 0) is 45.7 Å². The predicted octanol–water partition coefficient (Wildman–Crippen LogP) is 0.0764. The molecule has 7 N–H and O–H groups in total. The van der Waals surface area contributed by atoms with Crippen molar-refractivity contribution in [3.8, 4) is 0 Å². The van der Waals surface area contributed by atoms with Gasteiger partial charge in [-0.25, -0.2) is 0 Å². The van der Waals surface area contributed by atoms with Gasteiger partial charge in [-0.15, -0.1) is 0 Å². The summed E-state index contributed by atoms with van der Waals surface area (Å²) in [5, 5.41) is 2.91. The molecule has 0 fully saturated rings. The van der Waals surface area contributed by atoms with E-state index in [-0.39, 0.29) is 11.9 Å². The van der Waals surface area contributed by atoms with Crippen molar-refractivity contribution in [2.45, 2.75) is 57.5 Å². The first kappa shape index (κ1) is 16.4.